The zero-order chi connectivity index (χ0) is 28.6. The van der Waals surface area contributed by atoms with Crippen LogP contribution in [0.3, 0.4) is 0 Å². The van der Waals surface area contributed by atoms with Crippen molar-refractivity contribution in [1.82, 2.24) is 16.0 Å². The van der Waals surface area contributed by atoms with E-state index >= 15 is 0 Å². The Balaban J connectivity index is 1.73. The molecule has 39 heavy (non-hydrogen) atoms. The molecule has 0 saturated heterocycles. The second kappa shape index (κ2) is 13.0. The van der Waals surface area contributed by atoms with Crippen LogP contribution >= 0.6 is 0 Å². The summed E-state index contributed by atoms with van der Waals surface area (Å²) in [5.41, 5.74) is 1.92. The number of rotatable bonds is 10. The molecule has 1 fully saturated rings. The summed E-state index contributed by atoms with van der Waals surface area (Å²) in [6, 6.07) is 12.4. The van der Waals surface area contributed by atoms with Gasteiger partial charge in [-0.25, -0.2) is 4.79 Å². The molecule has 0 bridgehead atoms. The number of ether oxygens (including phenoxy) is 1. The molecule has 212 valence electrons. The molecule has 8 heteroatoms. The maximum atomic E-state index is 13.7. The molecule has 1 aliphatic carbocycles. The van der Waals surface area contributed by atoms with Crippen LogP contribution in [0.15, 0.2) is 42.5 Å². The van der Waals surface area contributed by atoms with E-state index in [2.05, 4.69) is 28.1 Å². The van der Waals surface area contributed by atoms with E-state index in [0.717, 1.165) is 42.4 Å². The number of carbonyl (C=O) groups excluding carboxylic acids is 3. The Morgan fingerprint density at radius 1 is 1.03 bits per heavy atom. The average molecular weight is 538 g/mol. The van der Waals surface area contributed by atoms with Crippen molar-refractivity contribution < 1.29 is 24.2 Å². The van der Waals surface area contributed by atoms with E-state index < -0.39 is 29.2 Å². The molecular weight excluding hydrogens is 494 g/mol. The average Bonchev–Trinajstić information content (AvgIpc) is 3.32. The number of nitrogens with one attached hydrogen (secondary N) is 3. The summed E-state index contributed by atoms with van der Waals surface area (Å²) in [4.78, 5) is 39.8. The van der Waals surface area contributed by atoms with Gasteiger partial charge in [-0.15, -0.1) is 0 Å². The van der Waals surface area contributed by atoms with Gasteiger partial charge in [-0.2, -0.15) is 0 Å². The van der Waals surface area contributed by atoms with Gasteiger partial charge in [-0.05, 0) is 94.7 Å². The summed E-state index contributed by atoms with van der Waals surface area (Å²) in [5.74, 6) is -0.479. The number of aryl methyl sites for hydroxylation is 3. The first-order chi connectivity index (χ1) is 18.4. The second-order valence-corrected chi connectivity index (χ2v) is 11.6. The Hall–Kier alpha value is -3.55. The Morgan fingerprint density at radius 3 is 2.23 bits per heavy atom. The fourth-order valence-corrected chi connectivity index (χ4v) is 5.17. The molecule has 2 aromatic rings. The van der Waals surface area contributed by atoms with Gasteiger partial charge >= 0.3 is 6.09 Å². The molecule has 3 amide bonds. The second-order valence-electron chi connectivity index (χ2n) is 11.6. The lowest BCUT2D eigenvalue weighted by Gasteiger charge is -2.32. The molecule has 3 rings (SSSR count). The third kappa shape index (κ3) is 8.73. The van der Waals surface area contributed by atoms with Crippen molar-refractivity contribution in [1.29, 1.82) is 0 Å². The maximum absolute atomic E-state index is 13.7. The molecule has 4 N–H and O–H groups in total. The van der Waals surface area contributed by atoms with Gasteiger partial charge in [0.2, 0.25) is 11.8 Å². The van der Waals surface area contributed by atoms with Gasteiger partial charge in [-0.1, -0.05) is 43.2 Å². The molecule has 0 aliphatic heterocycles. The molecule has 1 aliphatic rings. The predicted octanol–water partition coefficient (Wildman–Crippen LogP) is 4.62. The number of alkyl carbamates (subject to hydrolysis) is 1. The third-order valence-corrected chi connectivity index (χ3v) is 7.12. The summed E-state index contributed by atoms with van der Waals surface area (Å²) in [7, 11) is 0. The predicted molar refractivity (Wildman–Crippen MR) is 152 cm³/mol. The van der Waals surface area contributed by atoms with E-state index in [0.29, 0.717) is 19.4 Å². The highest BCUT2D eigenvalue weighted by Gasteiger charge is 2.43. The molecule has 1 saturated carbocycles. The molecule has 0 spiro atoms. The largest absolute Gasteiger partial charge is 0.508 e. The Kier molecular flexibility index (Phi) is 10.0. The third-order valence-electron chi connectivity index (χ3n) is 7.12. The number of phenols is 1. The smallest absolute Gasteiger partial charge is 0.408 e. The van der Waals surface area contributed by atoms with E-state index in [1.54, 1.807) is 32.9 Å². The Labute approximate surface area is 231 Å². The van der Waals surface area contributed by atoms with Crippen LogP contribution < -0.4 is 16.0 Å². The fraction of sp³-hybridized carbons (Fsp3) is 0.516. The minimum absolute atomic E-state index is 0.142. The van der Waals surface area contributed by atoms with E-state index in [1.165, 1.54) is 5.56 Å². The molecule has 8 nitrogen and oxygen atoms in total. The van der Waals surface area contributed by atoms with Gasteiger partial charge in [0.15, 0.2) is 0 Å². The monoisotopic (exact) mass is 537 g/mol. The summed E-state index contributed by atoms with van der Waals surface area (Å²) in [5, 5.41) is 18.7. The normalized spacial score (nSPS) is 15.3. The standard InChI is InChI=1S/C31H43N3O5/c1-21-18-24(35)19-22(2)25(21)20-26(33-29(38)39-30(3,4)5)27(36)34-31(15-9-10-16-31)28(37)32-17-11-14-23-12-7-6-8-13-23/h6-8,12-13,18-19,26,35H,9-11,14-17,20H2,1-5H3,(H,32,37)(H,33,38)(H,34,36). The Bertz CT molecular complexity index is 1130. The van der Waals surface area contributed by atoms with Gasteiger partial charge < -0.3 is 25.8 Å². The van der Waals surface area contributed by atoms with E-state index in [9.17, 15) is 19.5 Å². The first kappa shape index (κ1) is 30.0. The fourth-order valence-electron chi connectivity index (χ4n) is 5.17. The van der Waals surface area contributed by atoms with Crippen LogP contribution in [-0.2, 0) is 27.2 Å². The van der Waals surface area contributed by atoms with Gasteiger partial charge in [-0.3, -0.25) is 9.59 Å². The highest BCUT2D eigenvalue weighted by atomic mass is 16.6. The SMILES string of the molecule is Cc1cc(O)cc(C)c1CC(NC(=O)OC(C)(C)C)C(=O)NC1(C(=O)NCCCc2ccccc2)CCCC1. The zero-order valence-electron chi connectivity index (χ0n) is 23.9. The van der Waals surface area contributed by atoms with Crippen LogP contribution in [0, 0.1) is 13.8 Å². The number of aromatic hydroxyl groups is 1. The Morgan fingerprint density at radius 2 is 1.64 bits per heavy atom. The van der Waals surface area contributed by atoms with E-state index in [1.807, 2.05) is 32.0 Å². The number of carbonyl (C=O) groups is 3. The molecule has 0 heterocycles. The number of benzene rings is 2. The highest BCUT2D eigenvalue weighted by molar-refractivity contribution is 5.94. The maximum Gasteiger partial charge on any atom is 0.408 e. The molecule has 0 aromatic heterocycles. The van der Waals surface area contributed by atoms with Crippen molar-refractivity contribution in [3.8, 4) is 5.75 Å². The van der Waals surface area contributed by atoms with Crippen LogP contribution in [0.4, 0.5) is 4.79 Å². The molecule has 1 unspecified atom stereocenters. The lowest BCUT2D eigenvalue weighted by atomic mass is 9.92. The van der Waals surface area contributed by atoms with Crippen LogP contribution in [0.1, 0.15) is 75.1 Å². The van der Waals surface area contributed by atoms with Gasteiger partial charge in [0.05, 0.1) is 0 Å². The quantitative estimate of drug-likeness (QED) is 0.330. The van der Waals surface area contributed by atoms with Crippen molar-refractivity contribution in [2.75, 3.05) is 6.54 Å². The molecule has 1 atom stereocenters. The molecule has 0 radical (unpaired) electrons. The zero-order valence-corrected chi connectivity index (χ0v) is 23.9. The minimum Gasteiger partial charge on any atom is -0.508 e. The van der Waals surface area contributed by atoms with Crippen molar-refractivity contribution in [2.45, 2.75) is 96.7 Å². The van der Waals surface area contributed by atoms with Crippen molar-refractivity contribution in [3.63, 3.8) is 0 Å². The number of amides is 3. The lowest BCUT2D eigenvalue weighted by Crippen LogP contribution is -2.61. The van der Waals surface area contributed by atoms with Gasteiger partial charge in [0.1, 0.15) is 22.9 Å². The molecular formula is C31H43N3O5. The first-order valence-electron chi connectivity index (χ1n) is 13.8. The lowest BCUT2D eigenvalue weighted by molar-refractivity contribution is -0.134. The summed E-state index contributed by atoms with van der Waals surface area (Å²) in [6.45, 7) is 9.48. The summed E-state index contributed by atoms with van der Waals surface area (Å²) >= 11 is 0. The van der Waals surface area contributed by atoms with Gasteiger partial charge in [0, 0.05) is 13.0 Å². The number of hydrogen-bond acceptors (Lipinski definition) is 5. The van der Waals surface area contributed by atoms with Crippen molar-refractivity contribution >= 4 is 17.9 Å². The van der Waals surface area contributed by atoms with E-state index in [-0.39, 0.29) is 18.1 Å². The number of phenolic OH excluding ortho intramolecular Hbond substituents is 1. The molecule has 2 aromatic carbocycles. The van der Waals surface area contributed by atoms with Crippen LogP contribution in [0.25, 0.3) is 0 Å². The van der Waals surface area contributed by atoms with Crippen LogP contribution in [0.5, 0.6) is 5.75 Å². The van der Waals surface area contributed by atoms with Gasteiger partial charge in [0.25, 0.3) is 0 Å². The van der Waals surface area contributed by atoms with Crippen LogP contribution in [0.2, 0.25) is 0 Å². The summed E-state index contributed by atoms with van der Waals surface area (Å²) < 4.78 is 5.43. The highest BCUT2D eigenvalue weighted by Crippen LogP contribution is 2.30. The topological polar surface area (TPSA) is 117 Å². The minimum atomic E-state index is -1.02. The first-order valence-corrected chi connectivity index (χ1v) is 13.8. The van der Waals surface area contributed by atoms with E-state index in [4.69, 9.17) is 4.74 Å². The summed E-state index contributed by atoms with van der Waals surface area (Å²) in [6.07, 6.45) is 3.88. The van der Waals surface area contributed by atoms with Crippen molar-refractivity contribution in [3.05, 3.63) is 64.7 Å². The van der Waals surface area contributed by atoms with Crippen LogP contribution in [-0.4, -0.2) is 46.7 Å². The van der Waals surface area contributed by atoms with Crippen molar-refractivity contribution in [2.24, 2.45) is 0 Å². The number of hydrogen-bond donors (Lipinski definition) is 4.